The van der Waals surface area contributed by atoms with Crippen LogP contribution in [0.3, 0.4) is 0 Å². The topological polar surface area (TPSA) is 70.8 Å². The van der Waals surface area contributed by atoms with Crippen LogP contribution in [0.1, 0.15) is 50.7 Å². The number of piperidine rings is 1. The zero-order valence-corrected chi connectivity index (χ0v) is 13.1. The summed E-state index contributed by atoms with van der Waals surface area (Å²) in [4.78, 5) is 0. The Morgan fingerprint density at radius 2 is 1.76 bits per heavy atom. The lowest BCUT2D eigenvalue weighted by Gasteiger charge is -2.43. The Hall–Kier alpha value is -0.850. The normalized spacial score (nSPS) is 23.5. The fourth-order valence-corrected chi connectivity index (χ4v) is 5.08. The summed E-state index contributed by atoms with van der Waals surface area (Å²) in [5.41, 5.74) is 0.379. The molecule has 1 saturated heterocycles. The summed E-state index contributed by atoms with van der Waals surface area (Å²) in [7, 11) is -3.55. The van der Waals surface area contributed by atoms with Gasteiger partial charge in [0.25, 0.3) is 10.0 Å². The van der Waals surface area contributed by atoms with Crippen molar-refractivity contribution in [3.63, 3.8) is 0 Å². The van der Waals surface area contributed by atoms with Gasteiger partial charge in [0.05, 0.1) is 0 Å². The molecule has 6 heteroatoms. The molecular formula is C15H23NO4S. The number of nitrogens with zero attached hydrogens (tertiary/aromatic N) is 1. The highest BCUT2D eigenvalue weighted by Crippen LogP contribution is 2.45. The highest BCUT2D eigenvalue weighted by Gasteiger charge is 2.39. The second-order valence-electron chi connectivity index (χ2n) is 6.34. The zero-order valence-electron chi connectivity index (χ0n) is 12.3. The molecule has 0 bridgehead atoms. The maximum atomic E-state index is 12.5. The minimum atomic E-state index is -3.55. The number of rotatable bonds is 3. The van der Waals surface area contributed by atoms with E-state index in [1.165, 1.54) is 48.5 Å². The van der Waals surface area contributed by atoms with E-state index in [4.69, 9.17) is 9.52 Å². The molecule has 2 fully saturated rings. The first kappa shape index (κ1) is 15.1. The Balaban J connectivity index is 1.70. The summed E-state index contributed by atoms with van der Waals surface area (Å²) >= 11 is 0. The summed E-state index contributed by atoms with van der Waals surface area (Å²) in [6.07, 6.45) is 8.29. The van der Waals surface area contributed by atoms with Crippen LogP contribution >= 0.6 is 0 Å². The summed E-state index contributed by atoms with van der Waals surface area (Å²) in [6, 6.07) is 2.95. The van der Waals surface area contributed by atoms with Crippen molar-refractivity contribution in [3.8, 4) is 0 Å². The Morgan fingerprint density at radius 3 is 2.33 bits per heavy atom. The van der Waals surface area contributed by atoms with E-state index in [0.29, 0.717) is 18.5 Å². The predicted molar refractivity (Wildman–Crippen MR) is 78.1 cm³/mol. The third-order valence-electron chi connectivity index (χ3n) is 5.08. The zero-order chi connectivity index (χ0) is 14.9. The number of hydrogen-bond acceptors (Lipinski definition) is 4. The van der Waals surface area contributed by atoms with Gasteiger partial charge in [-0.3, -0.25) is 0 Å². The monoisotopic (exact) mass is 313 g/mol. The molecule has 2 aliphatic rings. The van der Waals surface area contributed by atoms with Gasteiger partial charge in [-0.05, 0) is 43.2 Å². The molecule has 118 valence electrons. The van der Waals surface area contributed by atoms with Gasteiger partial charge in [-0.2, -0.15) is 4.31 Å². The minimum absolute atomic E-state index is 0.0499. The van der Waals surface area contributed by atoms with Gasteiger partial charge >= 0.3 is 0 Å². The fourth-order valence-electron chi connectivity index (χ4n) is 3.71. The van der Waals surface area contributed by atoms with Gasteiger partial charge in [-0.1, -0.05) is 19.3 Å². The molecule has 1 aliphatic heterocycles. The molecule has 1 saturated carbocycles. The molecule has 1 N–H and O–H groups in total. The molecule has 1 aliphatic carbocycles. The molecule has 21 heavy (non-hydrogen) atoms. The summed E-state index contributed by atoms with van der Waals surface area (Å²) in [6.45, 7) is 0.883. The molecule has 0 radical (unpaired) electrons. The first-order valence-corrected chi connectivity index (χ1v) is 9.20. The van der Waals surface area contributed by atoms with Gasteiger partial charge in [-0.15, -0.1) is 0 Å². The van der Waals surface area contributed by atoms with E-state index in [9.17, 15) is 8.42 Å². The van der Waals surface area contributed by atoms with Crippen LogP contribution in [0.15, 0.2) is 21.6 Å². The Morgan fingerprint density at radius 1 is 1.10 bits per heavy atom. The standard InChI is InChI=1S/C15H23NO4S/c17-12-13-4-5-14(20-13)21(18,19)16-10-8-15(9-11-16)6-2-1-3-7-15/h4-5,17H,1-3,6-12H2. The highest BCUT2D eigenvalue weighted by molar-refractivity contribution is 7.89. The summed E-state index contributed by atoms with van der Waals surface area (Å²) in [5.74, 6) is 0.286. The smallest absolute Gasteiger partial charge is 0.276 e. The lowest BCUT2D eigenvalue weighted by Crippen LogP contribution is -2.43. The van der Waals surface area contributed by atoms with E-state index in [-0.39, 0.29) is 17.5 Å². The molecule has 0 atom stereocenters. The van der Waals surface area contributed by atoms with Gasteiger partial charge < -0.3 is 9.52 Å². The molecule has 0 aromatic carbocycles. The lowest BCUT2D eigenvalue weighted by molar-refractivity contribution is 0.102. The van der Waals surface area contributed by atoms with Crippen molar-refractivity contribution in [1.82, 2.24) is 4.31 Å². The second-order valence-corrected chi connectivity index (χ2v) is 8.21. The van der Waals surface area contributed by atoms with Crippen molar-refractivity contribution in [2.75, 3.05) is 13.1 Å². The van der Waals surface area contributed by atoms with E-state index in [1.807, 2.05) is 0 Å². The van der Waals surface area contributed by atoms with Gasteiger partial charge in [0, 0.05) is 13.1 Å². The van der Waals surface area contributed by atoms with Crippen LogP contribution in [-0.4, -0.2) is 30.9 Å². The van der Waals surface area contributed by atoms with E-state index in [0.717, 1.165) is 12.8 Å². The second kappa shape index (κ2) is 5.74. The van der Waals surface area contributed by atoms with Gasteiger partial charge in [0.15, 0.2) is 0 Å². The number of aliphatic hydroxyl groups excluding tert-OH is 1. The lowest BCUT2D eigenvalue weighted by atomic mass is 9.68. The van der Waals surface area contributed by atoms with Crippen LogP contribution in [-0.2, 0) is 16.6 Å². The van der Waals surface area contributed by atoms with E-state index in [2.05, 4.69) is 0 Å². The van der Waals surface area contributed by atoms with E-state index in [1.54, 1.807) is 0 Å². The molecule has 5 nitrogen and oxygen atoms in total. The number of aliphatic hydroxyl groups is 1. The van der Waals surface area contributed by atoms with Gasteiger partial charge in [-0.25, -0.2) is 8.42 Å². The van der Waals surface area contributed by atoms with Crippen LogP contribution in [0.2, 0.25) is 0 Å². The number of hydrogen-bond donors (Lipinski definition) is 1. The van der Waals surface area contributed by atoms with Crippen molar-refractivity contribution < 1.29 is 17.9 Å². The SMILES string of the molecule is O=S(=O)(c1ccc(CO)o1)N1CCC2(CCCCC2)CC1. The van der Waals surface area contributed by atoms with Gasteiger partial charge in [0.2, 0.25) is 5.09 Å². The third-order valence-corrected chi connectivity index (χ3v) is 6.86. The van der Waals surface area contributed by atoms with Crippen LogP contribution in [0, 0.1) is 5.41 Å². The average Bonchev–Trinajstić information content (AvgIpc) is 2.98. The van der Waals surface area contributed by atoms with E-state index >= 15 is 0 Å². The van der Waals surface area contributed by atoms with E-state index < -0.39 is 10.0 Å². The van der Waals surface area contributed by atoms with Crippen molar-refractivity contribution in [2.45, 2.75) is 56.6 Å². The first-order valence-electron chi connectivity index (χ1n) is 7.76. The molecule has 1 aromatic rings. The Kier molecular flexibility index (Phi) is 4.12. The Labute approximate surface area is 126 Å². The minimum Gasteiger partial charge on any atom is -0.446 e. The van der Waals surface area contributed by atoms with Crippen LogP contribution < -0.4 is 0 Å². The molecule has 1 spiro atoms. The average molecular weight is 313 g/mol. The maximum Gasteiger partial charge on any atom is 0.276 e. The quantitative estimate of drug-likeness (QED) is 0.931. The molecule has 0 amide bonds. The largest absolute Gasteiger partial charge is 0.446 e. The first-order chi connectivity index (χ1) is 10.1. The predicted octanol–water partition coefficient (Wildman–Crippen LogP) is 2.51. The van der Waals surface area contributed by atoms with Crippen molar-refractivity contribution in [3.05, 3.63) is 17.9 Å². The molecule has 2 heterocycles. The van der Waals surface area contributed by atoms with Crippen LogP contribution in [0.25, 0.3) is 0 Å². The summed E-state index contributed by atoms with van der Waals surface area (Å²) < 4.78 is 31.8. The molecule has 1 aromatic heterocycles. The third kappa shape index (κ3) is 2.89. The number of sulfonamides is 1. The maximum absolute atomic E-state index is 12.5. The van der Waals surface area contributed by atoms with Crippen LogP contribution in [0.5, 0.6) is 0 Å². The molecule has 3 rings (SSSR count). The number of furan rings is 1. The molecular weight excluding hydrogens is 290 g/mol. The van der Waals surface area contributed by atoms with Crippen molar-refractivity contribution in [1.29, 1.82) is 0 Å². The van der Waals surface area contributed by atoms with Crippen molar-refractivity contribution >= 4 is 10.0 Å². The summed E-state index contributed by atoms with van der Waals surface area (Å²) in [5, 5.41) is 8.94. The Bertz CT molecular complexity index is 577. The molecule has 0 unspecified atom stereocenters. The highest BCUT2D eigenvalue weighted by atomic mass is 32.2. The van der Waals surface area contributed by atoms with Gasteiger partial charge in [0.1, 0.15) is 12.4 Å². The van der Waals surface area contributed by atoms with Crippen LogP contribution in [0.4, 0.5) is 0 Å². The fraction of sp³-hybridized carbons (Fsp3) is 0.733. The van der Waals surface area contributed by atoms with Crippen molar-refractivity contribution in [2.24, 2.45) is 5.41 Å².